The van der Waals surface area contributed by atoms with Crippen molar-refractivity contribution < 1.29 is 27.4 Å². The van der Waals surface area contributed by atoms with E-state index in [4.69, 9.17) is 27.9 Å². The van der Waals surface area contributed by atoms with E-state index >= 15 is 0 Å². The summed E-state index contributed by atoms with van der Waals surface area (Å²) in [6.45, 7) is 0.348. The lowest BCUT2D eigenvalue weighted by Gasteiger charge is -2.23. The van der Waals surface area contributed by atoms with Crippen molar-refractivity contribution in [3.05, 3.63) is 124 Å². The second-order valence-corrected chi connectivity index (χ2v) is 11.5. The van der Waals surface area contributed by atoms with Gasteiger partial charge in [0.25, 0.3) is 5.91 Å². The smallest absolute Gasteiger partial charge is 0.251 e. The Bertz CT molecular complexity index is 1570. The van der Waals surface area contributed by atoms with Gasteiger partial charge in [-0.15, -0.1) is 0 Å². The molecule has 0 bridgehead atoms. The number of carbonyl (C=O) groups is 1. The molecule has 0 atom stereocenters. The van der Waals surface area contributed by atoms with Crippen LogP contribution in [0.2, 0.25) is 10.0 Å². The molecule has 208 valence electrons. The topological polar surface area (TPSA) is 95.9 Å². The molecule has 0 aliphatic rings. The van der Waals surface area contributed by atoms with Gasteiger partial charge in [0.15, 0.2) is 5.75 Å². The Balaban J connectivity index is 1.49. The molecule has 1 amide bonds. The van der Waals surface area contributed by atoms with Crippen molar-refractivity contribution in [2.75, 3.05) is 13.2 Å². The van der Waals surface area contributed by atoms with Crippen LogP contribution in [0, 0.1) is 5.82 Å². The van der Waals surface area contributed by atoms with Crippen molar-refractivity contribution in [3.8, 4) is 11.5 Å². The van der Waals surface area contributed by atoms with Gasteiger partial charge in [-0.25, -0.2) is 12.8 Å². The highest BCUT2D eigenvalue weighted by atomic mass is 35.5. The molecule has 11 heteroatoms. The van der Waals surface area contributed by atoms with E-state index in [1.54, 1.807) is 24.3 Å². The molecule has 0 radical (unpaired) electrons. The standard InChI is InChI=1S/C29H25Cl2FN2O5S/c30-23-16-26(31)28(35)27(17-23)40(37,38)34(19-21-8-12-24(32)13-9-21)18-20-6-10-22(11-7-20)29(36)33-14-15-39-25-4-2-1-3-5-25/h1-13,16-17,35H,14-15,18-19H2,(H,33,36). The van der Waals surface area contributed by atoms with Crippen molar-refractivity contribution in [3.63, 3.8) is 0 Å². The fourth-order valence-corrected chi connectivity index (χ4v) is 5.98. The molecule has 0 fully saturated rings. The molecule has 0 unspecified atom stereocenters. The Morgan fingerprint density at radius 3 is 2.12 bits per heavy atom. The zero-order chi connectivity index (χ0) is 28.7. The van der Waals surface area contributed by atoms with Gasteiger partial charge in [-0.1, -0.05) is 65.7 Å². The maximum absolute atomic E-state index is 13.7. The van der Waals surface area contributed by atoms with Crippen LogP contribution in [0.5, 0.6) is 11.5 Å². The predicted molar refractivity (Wildman–Crippen MR) is 152 cm³/mol. The number of sulfonamides is 1. The SMILES string of the molecule is O=C(NCCOc1ccccc1)c1ccc(CN(Cc2ccc(F)cc2)S(=O)(=O)c2cc(Cl)cc(Cl)c2O)cc1. The molecule has 0 spiro atoms. The van der Waals surface area contributed by atoms with Crippen LogP contribution in [0.1, 0.15) is 21.5 Å². The van der Waals surface area contributed by atoms with E-state index in [-0.39, 0.29) is 29.0 Å². The molecule has 7 nitrogen and oxygen atoms in total. The minimum absolute atomic E-state index is 0.0349. The van der Waals surface area contributed by atoms with Gasteiger partial charge >= 0.3 is 0 Å². The summed E-state index contributed by atoms with van der Waals surface area (Å²) < 4.78 is 47.4. The molecule has 0 aliphatic heterocycles. The summed E-state index contributed by atoms with van der Waals surface area (Å²) >= 11 is 12.0. The number of nitrogens with one attached hydrogen (secondary N) is 1. The second-order valence-electron chi connectivity index (χ2n) is 8.75. The van der Waals surface area contributed by atoms with E-state index in [0.717, 1.165) is 10.4 Å². The van der Waals surface area contributed by atoms with E-state index in [1.165, 1.54) is 30.3 Å². The van der Waals surface area contributed by atoms with Crippen molar-refractivity contribution in [1.82, 2.24) is 9.62 Å². The lowest BCUT2D eigenvalue weighted by atomic mass is 10.1. The monoisotopic (exact) mass is 602 g/mol. The number of hydrogen-bond acceptors (Lipinski definition) is 5. The van der Waals surface area contributed by atoms with Crippen LogP contribution in [0.15, 0.2) is 95.9 Å². The Hall–Kier alpha value is -3.63. The van der Waals surface area contributed by atoms with Gasteiger partial charge < -0.3 is 15.2 Å². The lowest BCUT2D eigenvalue weighted by Crippen LogP contribution is -2.30. The quantitative estimate of drug-likeness (QED) is 0.204. The first kappa shape index (κ1) is 29.4. The number of rotatable bonds is 11. The van der Waals surface area contributed by atoms with Crippen molar-refractivity contribution in [2.45, 2.75) is 18.0 Å². The van der Waals surface area contributed by atoms with Gasteiger partial charge in [-0.3, -0.25) is 4.79 Å². The first-order valence-electron chi connectivity index (χ1n) is 12.1. The van der Waals surface area contributed by atoms with E-state index in [0.29, 0.717) is 35.6 Å². The number of hydrogen-bond donors (Lipinski definition) is 2. The van der Waals surface area contributed by atoms with Crippen LogP contribution in [0.3, 0.4) is 0 Å². The number of para-hydroxylation sites is 1. The zero-order valence-corrected chi connectivity index (χ0v) is 23.4. The summed E-state index contributed by atoms with van der Waals surface area (Å²) in [5.41, 5.74) is 1.48. The third-order valence-corrected chi connectivity index (χ3v) is 8.17. The summed E-state index contributed by atoms with van der Waals surface area (Å²) in [5.74, 6) is -0.691. The number of aromatic hydroxyl groups is 1. The van der Waals surface area contributed by atoms with Crippen molar-refractivity contribution in [2.24, 2.45) is 0 Å². The first-order chi connectivity index (χ1) is 19.1. The number of benzene rings is 4. The van der Waals surface area contributed by atoms with E-state index < -0.39 is 26.5 Å². The van der Waals surface area contributed by atoms with E-state index in [2.05, 4.69) is 5.32 Å². The largest absolute Gasteiger partial charge is 0.505 e. The van der Waals surface area contributed by atoms with Crippen LogP contribution in [-0.4, -0.2) is 36.9 Å². The Kier molecular flexibility index (Phi) is 9.65. The Morgan fingerprint density at radius 2 is 1.50 bits per heavy atom. The molecule has 40 heavy (non-hydrogen) atoms. The molecule has 0 aromatic heterocycles. The number of ether oxygens (including phenoxy) is 1. The van der Waals surface area contributed by atoms with Crippen LogP contribution >= 0.6 is 23.2 Å². The molecule has 0 saturated carbocycles. The summed E-state index contributed by atoms with van der Waals surface area (Å²) in [4.78, 5) is 12.1. The summed E-state index contributed by atoms with van der Waals surface area (Å²) in [7, 11) is -4.32. The first-order valence-corrected chi connectivity index (χ1v) is 14.3. The molecule has 4 aromatic carbocycles. The molecule has 0 saturated heterocycles. The van der Waals surface area contributed by atoms with Gasteiger partial charge in [-0.05, 0) is 59.7 Å². The number of carbonyl (C=O) groups excluding carboxylic acids is 1. The van der Waals surface area contributed by atoms with Gasteiger partial charge in [0, 0.05) is 23.7 Å². The van der Waals surface area contributed by atoms with Gasteiger partial charge in [0.1, 0.15) is 23.1 Å². The van der Waals surface area contributed by atoms with E-state index in [9.17, 15) is 22.7 Å². The van der Waals surface area contributed by atoms with Crippen LogP contribution in [-0.2, 0) is 23.1 Å². The minimum atomic E-state index is -4.32. The normalized spacial score (nSPS) is 11.4. The third kappa shape index (κ3) is 7.51. The highest BCUT2D eigenvalue weighted by Gasteiger charge is 2.29. The zero-order valence-electron chi connectivity index (χ0n) is 21.1. The number of amides is 1. The van der Waals surface area contributed by atoms with Crippen molar-refractivity contribution in [1.29, 1.82) is 0 Å². The average molecular weight is 603 g/mol. The highest BCUT2D eigenvalue weighted by Crippen LogP contribution is 2.36. The van der Waals surface area contributed by atoms with Crippen LogP contribution in [0.25, 0.3) is 0 Å². The molecule has 0 heterocycles. The Morgan fingerprint density at radius 1 is 0.900 bits per heavy atom. The van der Waals surface area contributed by atoms with Crippen LogP contribution in [0.4, 0.5) is 4.39 Å². The number of phenolic OH excluding ortho intramolecular Hbond substituents is 1. The minimum Gasteiger partial charge on any atom is -0.505 e. The molecular weight excluding hydrogens is 578 g/mol. The number of halogens is 3. The maximum Gasteiger partial charge on any atom is 0.251 e. The number of phenols is 1. The predicted octanol–water partition coefficient (Wildman–Crippen LogP) is 6.04. The highest BCUT2D eigenvalue weighted by molar-refractivity contribution is 7.89. The van der Waals surface area contributed by atoms with Gasteiger partial charge in [0.05, 0.1) is 11.6 Å². The molecule has 0 aliphatic carbocycles. The second kappa shape index (κ2) is 13.1. The fraction of sp³-hybridized carbons (Fsp3) is 0.138. The fourth-order valence-electron chi connectivity index (χ4n) is 3.81. The maximum atomic E-state index is 13.7. The summed E-state index contributed by atoms with van der Waals surface area (Å²) in [6, 6.07) is 23.4. The van der Waals surface area contributed by atoms with Gasteiger partial charge in [-0.2, -0.15) is 4.31 Å². The molecule has 2 N–H and O–H groups in total. The van der Waals surface area contributed by atoms with Gasteiger partial charge in [0.2, 0.25) is 10.0 Å². The summed E-state index contributed by atoms with van der Waals surface area (Å²) in [5, 5.41) is 13.0. The molecule has 4 aromatic rings. The number of nitrogens with zero attached hydrogens (tertiary/aromatic N) is 1. The average Bonchev–Trinajstić information content (AvgIpc) is 2.94. The summed E-state index contributed by atoms with van der Waals surface area (Å²) in [6.07, 6.45) is 0. The van der Waals surface area contributed by atoms with E-state index in [1.807, 2.05) is 30.3 Å². The van der Waals surface area contributed by atoms with Crippen LogP contribution < -0.4 is 10.1 Å². The Labute approximate surface area is 241 Å². The molecule has 4 rings (SSSR count). The lowest BCUT2D eigenvalue weighted by molar-refractivity contribution is 0.0947. The molecular formula is C29H25Cl2FN2O5S. The van der Waals surface area contributed by atoms with Crippen molar-refractivity contribution >= 4 is 39.1 Å². The third-order valence-electron chi connectivity index (χ3n) is 5.86.